The maximum atomic E-state index is 11.9. The highest BCUT2D eigenvalue weighted by atomic mass is 16.2. The van der Waals surface area contributed by atoms with E-state index < -0.39 is 0 Å². The Kier molecular flexibility index (Phi) is 6.52. The number of nitrogens with one attached hydrogen (secondary N) is 2. The van der Waals surface area contributed by atoms with E-state index in [9.17, 15) is 4.79 Å². The summed E-state index contributed by atoms with van der Waals surface area (Å²) in [5, 5.41) is 6.40. The molecule has 1 rings (SSSR count). The van der Waals surface area contributed by atoms with Gasteiger partial charge in [-0.3, -0.25) is 9.69 Å². The third-order valence-electron chi connectivity index (χ3n) is 3.43. The maximum Gasteiger partial charge on any atom is 0.234 e. The van der Waals surface area contributed by atoms with Crippen molar-refractivity contribution in [2.24, 2.45) is 0 Å². The molecule has 0 saturated carbocycles. The molecule has 1 aliphatic heterocycles. The first-order valence-corrected chi connectivity index (χ1v) is 6.91. The van der Waals surface area contributed by atoms with E-state index in [1.54, 1.807) is 0 Å². The number of hydrogen-bond acceptors (Lipinski definition) is 3. The summed E-state index contributed by atoms with van der Waals surface area (Å²) in [6.45, 7) is 9.98. The van der Waals surface area contributed by atoms with Crippen LogP contribution in [0.5, 0.6) is 0 Å². The lowest BCUT2D eigenvalue weighted by atomic mass is 10.2. The second-order valence-electron chi connectivity index (χ2n) is 4.99. The number of amides is 1. The van der Waals surface area contributed by atoms with Gasteiger partial charge in [0.05, 0.1) is 6.54 Å². The molecule has 0 bridgehead atoms. The van der Waals surface area contributed by atoms with Gasteiger partial charge in [-0.05, 0) is 39.3 Å². The minimum atomic E-state index is 0.166. The van der Waals surface area contributed by atoms with Crippen LogP contribution < -0.4 is 10.6 Å². The predicted molar refractivity (Wildman–Crippen MR) is 71.0 cm³/mol. The van der Waals surface area contributed by atoms with E-state index >= 15 is 0 Å². The minimum Gasteiger partial charge on any atom is -0.353 e. The number of hydrogen-bond donors (Lipinski definition) is 2. The van der Waals surface area contributed by atoms with Crippen LogP contribution in [-0.2, 0) is 4.79 Å². The summed E-state index contributed by atoms with van der Waals surface area (Å²) in [5.41, 5.74) is 0. The molecule has 1 heterocycles. The van der Waals surface area contributed by atoms with Gasteiger partial charge in [0.1, 0.15) is 0 Å². The smallest absolute Gasteiger partial charge is 0.234 e. The lowest BCUT2D eigenvalue weighted by molar-refractivity contribution is -0.123. The monoisotopic (exact) mass is 241 g/mol. The standard InChI is InChI=1S/C13H27N3O/c1-4-8-16(12-6-7-14-9-12)10-13(17)15-11(3)5-2/h11-12,14H,4-10H2,1-3H3,(H,15,17). The van der Waals surface area contributed by atoms with Crippen molar-refractivity contribution in [2.45, 2.75) is 52.1 Å². The molecular formula is C13H27N3O. The Labute approximate surface area is 105 Å². The van der Waals surface area contributed by atoms with Crippen LogP contribution in [0.2, 0.25) is 0 Å². The molecule has 0 spiro atoms. The fourth-order valence-electron chi connectivity index (χ4n) is 2.24. The molecule has 0 aromatic carbocycles. The van der Waals surface area contributed by atoms with E-state index in [2.05, 4.69) is 36.3 Å². The molecule has 0 radical (unpaired) electrons. The molecule has 0 aromatic rings. The van der Waals surface area contributed by atoms with E-state index in [0.717, 1.165) is 38.9 Å². The highest BCUT2D eigenvalue weighted by Crippen LogP contribution is 2.08. The van der Waals surface area contributed by atoms with Crippen LogP contribution in [0.3, 0.4) is 0 Å². The Morgan fingerprint density at radius 3 is 2.82 bits per heavy atom. The van der Waals surface area contributed by atoms with Crippen molar-refractivity contribution in [1.29, 1.82) is 0 Å². The van der Waals surface area contributed by atoms with Gasteiger partial charge >= 0.3 is 0 Å². The topological polar surface area (TPSA) is 44.4 Å². The Balaban J connectivity index is 2.39. The molecule has 4 nitrogen and oxygen atoms in total. The molecule has 1 aliphatic rings. The summed E-state index contributed by atoms with van der Waals surface area (Å²) >= 11 is 0. The summed E-state index contributed by atoms with van der Waals surface area (Å²) in [5.74, 6) is 0.166. The van der Waals surface area contributed by atoms with Crippen LogP contribution in [0.1, 0.15) is 40.0 Å². The molecule has 2 N–H and O–H groups in total. The molecule has 0 aliphatic carbocycles. The van der Waals surface area contributed by atoms with Crippen molar-refractivity contribution < 1.29 is 4.79 Å². The van der Waals surface area contributed by atoms with Crippen molar-refractivity contribution in [2.75, 3.05) is 26.2 Å². The lowest BCUT2D eigenvalue weighted by Gasteiger charge is -2.27. The second-order valence-corrected chi connectivity index (χ2v) is 4.99. The summed E-state index contributed by atoms with van der Waals surface area (Å²) in [6, 6.07) is 0.824. The fourth-order valence-corrected chi connectivity index (χ4v) is 2.24. The van der Waals surface area contributed by atoms with Crippen molar-refractivity contribution >= 4 is 5.91 Å². The van der Waals surface area contributed by atoms with Crippen LogP contribution in [0.4, 0.5) is 0 Å². The summed E-state index contributed by atoms with van der Waals surface area (Å²) in [7, 11) is 0. The normalized spacial score (nSPS) is 21.8. The summed E-state index contributed by atoms with van der Waals surface area (Å²) in [4.78, 5) is 14.2. The third-order valence-corrected chi connectivity index (χ3v) is 3.43. The maximum absolute atomic E-state index is 11.9. The lowest BCUT2D eigenvalue weighted by Crippen LogP contribution is -2.46. The molecule has 1 amide bonds. The Morgan fingerprint density at radius 2 is 2.29 bits per heavy atom. The van der Waals surface area contributed by atoms with E-state index in [4.69, 9.17) is 0 Å². The minimum absolute atomic E-state index is 0.166. The first-order chi connectivity index (χ1) is 8.17. The Bertz CT molecular complexity index is 227. The number of rotatable bonds is 7. The first-order valence-electron chi connectivity index (χ1n) is 6.91. The Hall–Kier alpha value is -0.610. The van der Waals surface area contributed by atoms with Gasteiger partial charge in [-0.15, -0.1) is 0 Å². The average Bonchev–Trinajstić information content (AvgIpc) is 2.81. The van der Waals surface area contributed by atoms with Crippen molar-refractivity contribution in [3.05, 3.63) is 0 Å². The zero-order valence-corrected chi connectivity index (χ0v) is 11.5. The molecule has 100 valence electrons. The van der Waals surface area contributed by atoms with Crippen LogP contribution in [0.15, 0.2) is 0 Å². The SMILES string of the molecule is CCCN(CC(=O)NC(C)CC)C1CCNC1. The fraction of sp³-hybridized carbons (Fsp3) is 0.923. The summed E-state index contributed by atoms with van der Waals surface area (Å²) in [6.07, 6.45) is 3.26. The van der Waals surface area contributed by atoms with E-state index in [1.165, 1.54) is 0 Å². The molecule has 17 heavy (non-hydrogen) atoms. The van der Waals surface area contributed by atoms with E-state index in [1.807, 2.05) is 0 Å². The number of nitrogens with zero attached hydrogens (tertiary/aromatic N) is 1. The van der Waals surface area contributed by atoms with Gasteiger partial charge in [-0.1, -0.05) is 13.8 Å². The molecule has 1 saturated heterocycles. The van der Waals surface area contributed by atoms with E-state index in [-0.39, 0.29) is 11.9 Å². The second kappa shape index (κ2) is 7.67. The Morgan fingerprint density at radius 1 is 1.53 bits per heavy atom. The van der Waals surface area contributed by atoms with Crippen LogP contribution in [-0.4, -0.2) is 49.1 Å². The zero-order valence-electron chi connectivity index (χ0n) is 11.5. The van der Waals surface area contributed by atoms with Crippen LogP contribution in [0.25, 0.3) is 0 Å². The van der Waals surface area contributed by atoms with Crippen molar-refractivity contribution in [3.8, 4) is 0 Å². The molecule has 0 aromatic heterocycles. The highest BCUT2D eigenvalue weighted by Gasteiger charge is 2.23. The molecule has 2 unspecified atom stereocenters. The van der Waals surface area contributed by atoms with E-state index in [0.29, 0.717) is 12.6 Å². The van der Waals surface area contributed by atoms with Gasteiger partial charge in [-0.25, -0.2) is 0 Å². The molecule has 1 fully saturated rings. The van der Waals surface area contributed by atoms with Crippen LogP contribution in [0, 0.1) is 0 Å². The van der Waals surface area contributed by atoms with Crippen LogP contribution >= 0.6 is 0 Å². The van der Waals surface area contributed by atoms with Gasteiger partial charge < -0.3 is 10.6 Å². The van der Waals surface area contributed by atoms with Gasteiger partial charge in [0, 0.05) is 18.6 Å². The average molecular weight is 241 g/mol. The van der Waals surface area contributed by atoms with Gasteiger partial charge in [0.25, 0.3) is 0 Å². The molecular weight excluding hydrogens is 214 g/mol. The number of carbonyl (C=O) groups is 1. The quantitative estimate of drug-likeness (QED) is 0.698. The van der Waals surface area contributed by atoms with Gasteiger partial charge in [-0.2, -0.15) is 0 Å². The predicted octanol–water partition coefficient (Wildman–Crippen LogP) is 0.975. The largest absolute Gasteiger partial charge is 0.353 e. The van der Waals surface area contributed by atoms with Crippen molar-refractivity contribution in [3.63, 3.8) is 0 Å². The first kappa shape index (κ1) is 14.5. The third kappa shape index (κ3) is 5.04. The van der Waals surface area contributed by atoms with Gasteiger partial charge in [0.2, 0.25) is 5.91 Å². The van der Waals surface area contributed by atoms with Gasteiger partial charge in [0.15, 0.2) is 0 Å². The number of carbonyl (C=O) groups excluding carboxylic acids is 1. The molecule has 2 atom stereocenters. The highest BCUT2D eigenvalue weighted by molar-refractivity contribution is 5.78. The zero-order chi connectivity index (χ0) is 12.7. The van der Waals surface area contributed by atoms with Crippen molar-refractivity contribution in [1.82, 2.24) is 15.5 Å². The molecule has 4 heteroatoms. The summed E-state index contributed by atoms with van der Waals surface area (Å²) < 4.78 is 0.